The van der Waals surface area contributed by atoms with Gasteiger partial charge >= 0.3 is 5.97 Å². The maximum absolute atomic E-state index is 12.4. The zero-order chi connectivity index (χ0) is 18.2. The normalized spacial score (nSPS) is 9.92. The van der Waals surface area contributed by atoms with Gasteiger partial charge in [-0.15, -0.1) is 0 Å². The topological polar surface area (TPSA) is 96.4 Å². The Balaban J connectivity index is 2.07. The van der Waals surface area contributed by atoms with Gasteiger partial charge < -0.3 is 15.4 Å². The number of esters is 1. The lowest BCUT2D eigenvalue weighted by Gasteiger charge is -2.21. The quantitative estimate of drug-likeness (QED) is 0.592. The predicted molar refractivity (Wildman–Crippen MR) is 97.9 cm³/mol. The molecule has 0 atom stereocenters. The minimum Gasteiger partial charge on any atom is -0.452 e. The second kappa shape index (κ2) is 8.85. The first kappa shape index (κ1) is 18.5. The van der Waals surface area contributed by atoms with Gasteiger partial charge in [-0.25, -0.2) is 4.79 Å². The van der Waals surface area contributed by atoms with E-state index in [0.29, 0.717) is 10.2 Å². The summed E-state index contributed by atoms with van der Waals surface area (Å²) < 4.78 is 5.77. The number of hydrogen-bond acceptors (Lipinski definition) is 5. The first-order valence-corrected chi connectivity index (χ1v) is 8.26. The minimum absolute atomic E-state index is 0.174. The van der Waals surface area contributed by atoms with E-state index in [9.17, 15) is 9.59 Å². The molecule has 0 radical (unpaired) electrons. The van der Waals surface area contributed by atoms with Crippen molar-refractivity contribution < 1.29 is 14.3 Å². The van der Waals surface area contributed by atoms with Crippen molar-refractivity contribution >= 4 is 39.2 Å². The number of amides is 1. The fraction of sp³-hybridized carbons (Fsp3) is 0.167. The summed E-state index contributed by atoms with van der Waals surface area (Å²) in [5.74, 6) is -1.09. The van der Waals surface area contributed by atoms with Crippen molar-refractivity contribution in [2.45, 2.75) is 6.42 Å². The van der Waals surface area contributed by atoms with Crippen molar-refractivity contribution in [1.29, 1.82) is 5.26 Å². The standard InChI is InChI=1S/C18H16BrN3O3/c19-13-7-8-16(21)15(11-13)18(24)25-12-17(23)22(10-4-9-20)14-5-2-1-3-6-14/h1-3,5-8,11H,4,10,12,21H2. The molecule has 0 aliphatic carbocycles. The van der Waals surface area contributed by atoms with E-state index in [1.165, 1.54) is 11.0 Å². The van der Waals surface area contributed by atoms with Crippen LogP contribution in [0.15, 0.2) is 53.0 Å². The molecule has 0 heterocycles. The maximum Gasteiger partial charge on any atom is 0.340 e. The Labute approximate surface area is 153 Å². The van der Waals surface area contributed by atoms with Crippen molar-refractivity contribution in [3.63, 3.8) is 0 Å². The fourth-order valence-corrected chi connectivity index (χ4v) is 2.52. The molecule has 0 saturated carbocycles. The molecular formula is C18H16BrN3O3. The Morgan fingerprint density at radius 2 is 1.92 bits per heavy atom. The Kier molecular flexibility index (Phi) is 6.54. The van der Waals surface area contributed by atoms with E-state index in [0.717, 1.165) is 0 Å². The van der Waals surface area contributed by atoms with Crippen LogP contribution in [0.2, 0.25) is 0 Å². The Morgan fingerprint density at radius 3 is 2.60 bits per heavy atom. The summed E-state index contributed by atoms with van der Waals surface area (Å²) in [7, 11) is 0. The summed E-state index contributed by atoms with van der Waals surface area (Å²) >= 11 is 3.26. The second-order valence-electron chi connectivity index (χ2n) is 5.10. The molecule has 0 saturated heterocycles. The molecule has 0 spiro atoms. The Hall–Kier alpha value is -2.85. The van der Waals surface area contributed by atoms with Gasteiger partial charge in [0.05, 0.1) is 18.1 Å². The summed E-state index contributed by atoms with van der Waals surface area (Å²) in [6.07, 6.45) is 0.174. The van der Waals surface area contributed by atoms with E-state index in [1.807, 2.05) is 12.1 Å². The Bertz CT molecular complexity index is 803. The molecule has 25 heavy (non-hydrogen) atoms. The van der Waals surface area contributed by atoms with Crippen LogP contribution in [0.4, 0.5) is 11.4 Å². The zero-order valence-electron chi connectivity index (χ0n) is 13.3. The molecule has 2 aromatic carbocycles. The van der Waals surface area contributed by atoms with Crippen LogP contribution >= 0.6 is 15.9 Å². The number of carbonyl (C=O) groups excluding carboxylic acids is 2. The monoisotopic (exact) mass is 401 g/mol. The lowest BCUT2D eigenvalue weighted by atomic mass is 10.2. The smallest absolute Gasteiger partial charge is 0.340 e. The lowest BCUT2D eigenvalue weighted by Crippen LogP contribution is -2.35. The van der Waals surface area contributed by atoms with Crippen LogP contribution in [-0.2, 0) is 9.53 Å². The molecule has 6 nitrogen and oxygen atoms in total. The number of rotatable bonds is 6. The van der Waals surface area contributed by atoms with Crippen LogP contribution in [0.5, 0.6) is 0 Å². The molecule has 0 aliphatic rings. The van der Waals surface area contributed by atoms with Crippen LogP contribution < -0.4 is 10.6 Å². The second-order valence-corrected chi connectivity index (χ2v) is 6.01. The fourth-order valence-electron chi connectivity index (χ4n) is 2.16. The molecule has 128 valence electrons. The summed E-state index contributed by atoms with van der Waals surface area (Å²) in [6.45, 7) is -0.221. The van der Waals surface area contributed by atoms with Crippen LogP contribution in [0.3, 0.4) is 0 Å². The largest absolute Gasteiger partial charge is 0.452 e. The van der Waals surface area contributed by atoms with Crippen molar-refractivity contribution in [1.82, 2.24) is 0 Å². The highest BCUT2D eigenvalue weighted by molar-refractivity contribution is 9.10. The summed E-state index contributed by atoms with van der Waals surface area (Å²) in [5, 5.41) is 8.78. The van der Waals surface area contributed by atoms with E-state index in [4.69, 9.17) is 15.7 Å². The van der Waals surface area contributed by atoms with Crippen LogP contribution in [0.25, 0.3) is 0 Å². The molecule has 0 aliphatic heterocycles. The molecule has 0 bridgehead atoms. The number of nitrogen functional groups attached to an aromatic ring is 1. The molecule has 0 fully saturated rings. The van der Waals surface area contributed by atoms with Crippen molar-refractivity contribution in [3.05, 3.63) is 58.6 Å². The van der Waals surface area contributed by atoms with Gasteiger partial charge in [0.25, 0.3) is 5.91 Å². The van der Waals surface area contributed by atoms with Gasteiger partial charge in [-0.3, -0.25) is 4.79 Å². The number of nitrogens with zero attached hydrogens (tertiary/aromatic N) is 2. The molecule has 1 amide bonds. The van der Waals surface area contributed by atoms with Gasteiger partial charge in [0, 0.05) is 22.4 Å². The van der Waals surface area contributed by atoms with Crippen molar-refractivity contribution in [3.8, 4) is 6.07 Å². The number of para-hydroxylation sites is 1. The number of nitrogens with two attached hydrogens (primary N) is 1. The van der Waals surface area contributed by atoms with Gasteiger partial charge in [0.2, 0.25) is 0 Å². The van der Waals surface area contributed by atoms with Crippen molar-refractivity contribution in [2.24, 2.45) is 0 Å². The number of halogens is 1. The first-order chi connectivity index (χ1) is 12.0. The predicted octanol–water partition coefficient (Wildman–Crippen LogP) is 3.13. The van der Waals surface area contributed by atoms with Crippen LogP contribution in [-0.4, -0.2) is 25.0 Å². The number of ether oxygens (including phenoxy) is 1. The number of hydrogen-bond donors (Lipinski definition) is 1. The average molecular weight is 402 g/mol. The highest BCUT2D eigenvalue weighted by Crippen LogP contribution is 2.19. The summed E-state index contributed by atoms with van der Waals surface area (Å²) in [4.78, 5) is 26.0. The molecule has 2 aromatic rings. The molecule has 2 rings (SSSR count). The van der Waals surface area contributed by atoms with Gasteiger partial charge in [-0.05, 0) is 30.3 Å². The van der Waals surface area contributed by atoms with Crippen LogP contribution in [0.1, 0.15) is 16.8 Å². The lowest BCUT2D eigenvalue weighted by molar-refractivity contribution is -0.121. The molecule has 2 N–H and O–H groups in total. The van der Waals surface area contributed by atoms with Gasteiger partial charge in [-0.1, -0.05) is 34.1 Å². The highest BCUT2D eigenvalue weighted by Gasteiger charge is 2.19. The van der Waals surface area contributed by atoms with E-state index in [-0.39, 0.29) is 24.2 Å². The van der Waals surface area contributed by atoms with Gasteiger partial charge in [-0.2, -0.15) is 5.26 Å². The third-order valence-electron chi connectivity index (χ3n) is 3.38. The molecule has 0 unspecified atom stereocenters. The highest BCUT2D eigenvalue weighted by atomic mass is 79.9. The number of nitriles is 1. The number of anilines is 2. The third-order valence-corrected chi connectivity index (χ3v) is 3.87. The molecular weight excluding hydrogens is 386 g/mol. The maximum atomic E-state index is 12.4. The average Bonchev–Trinajstić information content (AvgIpc) is 2.63. The van der Waals surface area contributed by atoms with E-state index >= 15 is 0 Å². The first-order valence-electron chi connectivity index (χ1n) is 7.47. The molecule has 0 aromatic heterocycles. The van der Waals surface area contributed by atoms with E-state index < -0.39 is 18.5 Å². The van der Waals surface area contributed by atoms with E-state index in [2.05, 4.69) is 15.9 Å². The van der Waals surface area contributed by atoms with Crippen LogP contribution in [0, 0.1) is 11.3 Å². The van der Waals surface area contributed by atoms with Gasteiger partial charge in [0.1, 0.15) is 0 Å². The minimum atomic E-state index is -0.680. The third kappa shape index (κ3) is 5.06. The summed E-state index contributed by atoms with van der Waals surface area (Å²) in [5.41, 5.74) is 6.85. The Morgan fingerprint density at radius 1 is 1.20 bits per heavy atom. The van der Waals surface area contributed by atoms with Gasteiger partial charge in [0.15, 0.2) is 6.61 Å². The SMILES string of the molecule is N#CCCN(C(=O)COC(=O)c1cc(Br)ccc1N)c1ccccc1. The molecule has 7 heteroatoms. The zero-order valence-corrected chi connectivity index (χ0v) is 14.9. The van der Waals surface area contributed by atoms with Crippen molar-refractivity contribution in [2.75, 3.05) is 23.8 Å². The number of benzene rings is 2. The van der Waals surface area contributed by atoms with E-state index in [1.54, 1.807) is 36.4 Å². The number of carbonyl (C=O) groups is 2. The summed E-state index contributed by atoms with van der Waals surface area (Å²) in [6, 6.07) is 15.7.